The van der Waals surface area contributed by atoms with E-state index in [1.807, 2.05) is 0 Å². The molecule has 0 unspecified atom stereocenters. The first kappa shape index (κ1) is 12.2. The molecule has 86 valence electrons. The maximum atomic E-state index is 11.1. The predicted octanol–water partition coefficient (Wildman–Crippen LogP) is 2.83. The van der Waals surface area contributed by atoms with Crippen LogP contribution >= 0.6 is 0 Å². The number of esters is 2. The first-order valence-corrected chi connectivity index (χ1v) is 5.98. The van der Waals surface area contributed by atoms with Crippen LogP contribution in [0.1, 0.15) is 58.3 Å². The van der Waals surface area contributed by atoms with E-state index in [0.717, 1.165) is 19.3 Å². The molecule has 0 aliphatic carbocycles. The van der Waals surface area contributed by atoms with Crippen molar-refractivity contribution in [2.75, 3.05) is 0 Å². The summed E-state index contributed by atoms with van der Waals surface area (Å²) >= 11 is 0. The molecular weight excluding hydrogens is 192 g/mol. The minimum absolute atomic E-state index is 0.149. The fourth-order valence-electron chi connectivity index (χ4n) is 1.91. The normalized spacial score (nSPS) is 20.7. The number of hydrogen-bond acceptors (Lipinski definition) is 3. The Morgan fingerprint density at radius 3 is 2.40 bits per heavy atom. The quantitative estimate of drug-likeness (QED) is 0.370. The number of unbranched alkanes of at least 4 members (excludes halogenated alkanes) is 5. The molecule has 1 rings (SSSR count). The SMILES string of the molecule is CCCCCCCC[C@H]1CC(=O)OC1=O. The van der Waals surface area contributed by atoms with Gasteiger partial charge in [-0.1, -0.05) is 45.4 Å². The molecule has 1 aliphatic rings. The molecule has 15 heavy (non-hydrogen) atoms. The van der Waals surface area contributed by atoms with Crippen LogP contribution in [0.5, 0.6) is 0 Å². The summed E-state index contributed by atoms with van der Waals surface area (Å²) in [6.07, 6.45) is 8.39. The Morgan fingerprint density at radius 1 is 1.13 bits per heavy atom. The monoisotopic (exact) mass is 212 g/mol. The zero-order valence-corrected chi connectivity index (χ0v) is 9.46. The highest BCUT2D eigenvalue weighted by Gasteiger charge is 2.32. The Hall–Kier alpha value is -0.860. The van der Waals surface area contributed by atoms with Crippen LogP contribution in [0, 0.1) is 5.92 Å². The third-order valence-corrected chi connectivity index (χ3v) is 2.87. The van der Waals surface area contributed by atoms with Crippen molar-refractivity contribution in [3.05, 3.63) is 0 Å². The van der Waals surface area contributed by atoms with Crippen LogP contribution in [0.25, 0.3) is 0 Å². The van der Waals surface area contributed by atoms with E-state index >= 15 is 0 Å². The lowest BCUT2D eigenvalue weighted by Gasteiger charge is -2.03. The van der Waals surface area contributed by atoms with Crippen LogP contribution in [0.15, 0.2) is 0 Å². The Morgan fingerprint density at radius 2 is 1.80 bits per heavy atom. The van der Waals surface area contributed by atoms with E-state index in [1.165, 1.54) is 25.7 Å². The molecule has 1 heterocycles. The standard InChI is InChI=1S/C12H20O3/c1-2-3-4-5-6-7-8-10-9-11(13)15-12(10)14/h10H,2-9H2,1H3/t10-/m0/s1. The van der Waals surface area contributed by atoms with Gasteiger partial charge < -0.3 is 4.74 Å². The third-order valence-electron chi connectivity index (χ3n) is 2.87. The molecule has 0 bridgehead atoms. The number of carbonyl (C=O) groups excluding carboxylic acids is 2. The first-order valence-electron chi connectivity index (χ1n) is 5.98. The highest BCUT2D eigenvalue weighted by molar-refractivity contribution is 5.94. The summed E-state index contributed by atoms with van der Waals surface area (Å²) in [6.45, 7) is 2.19. The summed E-state index contributed by atoms with van der Waals surface area (Å²) in [6, 6.07) is 0. The van der Waals surface area contributed by atoms with Gasteiger partial charge in [-0.3, -0.25) is 9.59 Å². The van der Waals surface area contributed by atoms with Gasteiger partial charge in [0.1, 0.15) is 0 Å². The van der Waals surface area contributed by atoms with E-state index in [-0.39, 0.29) is 17.9 Å². The van der Waals surface area contributed by atoms with Gasteiger partial charge in [-0.05, 0) is 6.42 Å². The second-order valence-electron chi connectivity index (χ2n) is 4.25. The third kappa shape index (κ3) is 4.45. The topological polar surface area (TPSA) is 43.4 Å². The van der Waals surface area contributed by atoms with Crippen molar-refractivity contribution in [2.24, 2.45) is 5.92 Å². The van der Waals surface area contributed by atoms with Crippen LogP contribution in [0.4, 0.5) is 0 Å². The molecule has 1 saturated heterocycles. The van der Waals surface area contributed by atoms with Crippen molar-refractivity contribution in [1.29, 1.82) is 0 Å². The van der Waals surface area contributed by atoms with Gasteiger partial charge in [0.05, 0.1) is 12.3 Å². The molecule has 0 aromatic heterocycles. The number of cyclic esters (lactones) is 2. The molecule has 3 heteroatoms. The second kappa shape index (κ2) is 6.59. The van der Waals surface area contributed by atoms with Gasteiger partial charge in [-0.15, -0.1) is 0 Å². The van der Waals surface area contributed by atoms with Crippen molar-refractivity contribution < 1.29 is 14.3 Å². The largest absolute Gasteiger partial charge is 0.393 e. The molecule has 0 spiro atoms. The van der Waals surface area contributed by atoms with Crippen molar-refractivity contribution in [2.45, 2.75) is 58.3 Å². The van der Waals surface area contributed by atoms with E-state index in [2.05, 4.69) is 11.7 Å². The Bertz CT molecular complexity index is 223. The van der Waals surface area contributed by atoms with Crippen LogP contribution in [-0.2, 0) is 14.3 Å². The molecule has 0 N–H and O–H groups in total. The maximum Gasteiger partial charge on any atom is 0.317 e. The molecule has 1 fully saturated rings. The van der Waals surface area contributed by atoms with Crippen molar-refractivity contribution in [1.82, 2.24) is 0 Å². The summed E-state index contributed by atoms with van der Waals surface area (Å²) in [5, 5.41) is 0. The van der Waals surface area contributed by atoms with Gasteiger partial charge in [0, 0.05) is 0 Å². The van der Waals surface area contributed by atoms with Gasteiger partial charge in [0.2, 0.25) is 0 Å². The number of carbonyl (C=O) groups is 2. The molecule has 0 amide bonds. The molecule has 3 nitrogen and oxygen atoms in total. The average molecular weight is 212 g/mol. The summed E-state index contributed by atoms with van der Waals surface area (Å²) in [4.78, 5) is 21.9. The van der Waals surface area contributed by atoms with E-state index < -0.39 is 0 Å². The molecule has 0 aromatic carbocycles. The fourth-order valence-corrected chi connectivity index (χ4v) is 1.91. The lowest BCUT2D eigenvalue weighted by Crippen LogP contribution is -2.06. The number of rotatable bonds is 7. The van der Waals surface area contributed by atoms with Crippen LogP contribution < -0.4 is 0 Å². The van der Waals surface area contributed by atoms with Crippen molar-refractivity contribution in [3.8, 4) is 0 Å². The minimum atomic E-state index is -0.351. The molecular formula is C12H20O3. The molecule has 0 radical (unpaired) electrons. The zero-order valence-electron chi connectivity index (χ0n) is 9.46. The summed E-state index contributed by atoms with van der Waals surface area (Å²) in [5.41, 5.74) is 0. The zero-order chi connectivity index (χ0) is 11.1. The molecule has 0 aromatic rings. The first-order chi connectivity index (χ1) is 7.24. The second-order valence-corrected chi connectivity index (χ2v) is 4.25. The average Bonchev–Trinajstić information content (AvgIpc) is 2.51. The predicted molar refractivity (Wildman–Crippen MR) is 57.2 cm³/mol. The van der Waals surface area contributed by atoms with Crippen LogP contribution in [0.3, 0.4) is 0 Å². The van der Waals surface area contributed by atoms with E-state index in [4.69, 9.17) is 0 Å². The van der Waals surface area contributed by atoms with Crippen LogP contribution in [0.2, 0.25) is 0 Å². The number of hydrogen-bond donors (Lipinski definition) is 0. The maximum absolute atomic E-state index is 11.1. The molecule has 0 saturated carbocycles. The number of ether oxygens (including phenoxy) is 1. The summed E-state index contributed by atoms with van der Waals surface area (Å²) < 4.78 is 4.49. The Balaban J connectivity index is 2.00. The van der Waals surface area contributed by atoms with E-state index in [1.54, 1.807) is 0 Å². The van der Waals surface area contributed by atoms with Crippen molar-refractivity contribution in [3.63, 3.8) is 0 Å². The van der Waals surface area contributed by atoms with Gasteiger partial charge in [-0.25, -0.2) is 0 Å². The van der Waals surface area contributed by atoms with E-state index in [0.29, 0.717) is 6.42 Å². The highest BCUT2D eigenvalue weighted by atomic mass is 16.6. The summed E-state index contributed by atoms with van der Waals surface area (Å²) in [5.74, 6) is -0.812. The molecule has 1 aliphatic heterocycles. The minimum Gasteiger partial charge on any atom is -0.393 e. The lowest BCUT2D eigenvalue weighted by atomic mass is 9.99. The van der Waals surface area contributed by atoms with Gasteiger partial charge in [-0.2, -0.15) is 0 Å². The smallest absolute Gasteiger partial charge is 0.317 e. The van der Waals surface area contributed by atoms with Gasteiger partial charge >= 0.3 is 11.9 Å². The highest BCUT2D eigenvalue weighted by Crippen LogP contribution is 2.22. The summed E-state index contributed by atoms with van der Waals surface area (Å²) in [7, 11) is 0. The Labute approximate surface area is 91.2 Å². The van der Waals surface area contributed by atoms with Crippen LogP contribution in [-0.4, -0.2) is 11.9 Å². The molecule has 1 atom stereocenters. The van der Waals surface area contributed by atoms with Crippen molar-refractivity contribution >= 4 is 11.9 Å². The van der Waals surface area contributed by atoms with Gasteiger partial charge in [0.15, 0.2) is 0 Å². The van der Waals surface area contributed by atoms with E-state index in [9.17, 15) is 9.59 Å². The fraction of sp³-hybridized carbons (Fsp3) is 0.833. The Kier molecular flexibility index (Phi) is 5.37. The van der Waals surface area contributed by atoms with Gasteiger partial charge in [0.25, 0.3) is 0 Å². The lowest BCUT2D eigenvalue weighted by molar-refractivity contribution is -0.153.